The van der Waals surface area contributed by atoms with Crippen LogP contribution in [-0.4, -0.2) is 0 Å². The molecule has 3 aliphatic carbocycles. The Labute approximate surface area is 65.0 Å². The molecule has 0 nitrogen and oxygen atoms in total. The van der Waals surface area contributed by atoms with Crippen LogP contribution in [0.3, 0.4) is 0 Å². The molecule has 0 atom stereocenters. The van der Waals surface area contributed by atoms with Crippen molar-refractivity contribution in [1.29, 1.82) is 0 Å². The first kappa shape index (κ1) is 8.10. The van der Waals surface area contributed by atoms with Crippen molar-refractivity contribution in [2.24, 2.45) is 10.8 Å². The maximum absolute atomic E-state index is 2.43. The lowest BCUT2D eigenvalue weighted by atomic mass is 9.62. The Morgan fingerprint density at radius 1 is 0.800 bits per heavy atom. The van der Waals surface area contributed by atoms with Crippen LogP contribution in [0.5, 0.6) is 0 Å². The van der Waals surface area contributed by atoms with Gasteiger partial charge in [0, 0.05) is 0 Å². The summed E-state index contributed by atoms with van der Waals surface area (Å²) in [6.45, 7) is 8.86. The molecule has 0 amide bonds. The van der Waals surface area contributed by atoms with E-state index in [4.69, 9.17) is 0 Å². The molecule has 10 heavy (non-hydrogen) atoms. The molecule has 2 bridgehead atoms. The van der Waals surface area contributed by atoms with Gasteiger partial charge in [-0.2, -0.15) is 0 Å². The number of rotatable bonds is 0. The molecular formula is C10H20. The van der Waals surface area contributed by atoms with E-state index in [0.29, 0.717) is 0 Å². The molecule has 0 unspecified atom stereocenters. The fraction of sp³-hybridized carbons (Fsp3) is 1.00. The van der Waals surface area contributed by atoms with E-state index in [9.17, 15) is 0 Å². The Morgan fingerprint density at radius 3 is 1.20 bits per heavy atom. The normalized spacial score (nSPS) is 49.2. The predicted octanol–water partition coefficient (Wildman–Crippen LogP) is 3.61. The molecule has 3 aliphatic rings. The molecule has 0 heterocycles. The lowest BCUT2D eigenvalue weighted by molar-refractivity contribution is 0.0803. The molecule has 0 aromatic rings. The van der Waals surface area contributed by atoms with E-state index in [2.05, 4.69) is 13.8 Å². The zero-order valence-corrected chi connectivity index (χ0v) is 7.83. The Bertz CT molecular complexity index is 104. The third-order valence-electron chi connectivity index (χ3n) is 3.04. The monoisotopic (exact) mass is 140 g/mol. The fourth-order valence-electron chi connectivity index (χ4n) is 2.97. The molecule has 3 saturated carbocycles. The van der Waals surface area contributed by atoms with E-state index in [1.165, 1.54) is 25.7 Å². The second-order valence-electron chi connectivity index (χ2n) is 4.47. The maximum Gasteiger partial charge on any atom is -0.0315 e. The number of fused-ring (bicyclic) bond motifs is 1. The van der Waals surface area contributed by atoms with Crippen molar-refractivity contribution >= 4 is 0 Å². The van der Waals surface area contributed by atoms with Crippen LogP contribution in [0.2, 0.25) is 0 Å². The van der Waals surface area contributed by atoms with E-state index in [1.807, 2.05) is 13.8 Å². The highest BCUT2D eigenvalue weighted by Gasteiger charge is 2.54. The maximum atomic E-state index is 2.43. The molecule has 0 saturated heterocycles. The highest BCUT2D eigenvalue weighted by atomic mass is 14.6. The zero-order valence-electron chi connectivity index (χ0n) is 7.83. The zero-order chi connectivity index (χ0) is 7.83. The van der Waals surface area contributed by atoms with Crippen molar-refractivity contribution in [3.63, 3.8) is 0 Å². The third kappa shape index (κ3) is 1.09. The highest BCUT2D eigenvalue weighted by Crippen LogP contribution is 2.66. The topological polar surface area (TPSA) is 0 Å². The van der Waals surface area contributed by atoms with Crippen molar-refractivity contribution in [3.05, 3.63) is 0 Å². The Balaban J connectivity index is 0.000000231. The molecule has 0 aromatic carbocycles. The lowest BCUT2D eigenvalue weighted by Crippen LogP contribution is -2.32. The summed E-state index contributed by atoms with van der Waals surface area (Å²) in [5.74, 6) is 0. The van der Waals surface area contributed by atoms with Gasteiger partial charge in [-0.05, 0) is 36.5 Å². The summed E-state index contributed by atoms with van der Waals surface area (Å²) in [4.78, 5) is 0. The number of hydrogen-bond acceptors (Lipinski definition) is 0. The van der Waals surface area contributed by atoms with Crippen molar-refractivity contribution in [1.82, 2.24) is 0 Å². The van der Waals surface area contributed by atoms with Crippen LogP contribution >= 0.6 is 0 Å². The quantitative estimate of drug-likeness (QED) is 0.482. The Morgan fingerprint density at radius 2 is 1.10 bits per heavy atom. The summed E-state index contributed by atoms with van der Waals surface area (Å²) in [5.41, 5.74) is 1.60. The van der Waals surface area contributed by atoms with Crippen molar-refractivity contribution in [2.75, 3.05) is 0 Å². The van der Waals surface area contributed by atoms with Gasteiger partial charge in [0.25, 0.3) is 0 Å². The molecule has 60 valence electrons. The van der Waals surface area contributed by atoms with Gasteiger partial charge in [-0.1, -0.05) is 27.7 Å². The molecule has 0 aromatic heterocycles. The second kappa shape index (κ2) is 2.25. The van der Waals surface area contributed by atoms with Gasteiger partial charge >= 0.3 is 0 Å². The van der Waals surface area contributed by atoms with E-state index in [0.717, 1.165) is 10.8 Å². The molecule has 3 fully saturated rings. The largest absolute Gasteiger partial charge is 0.0683 e. The van der Waals surface area contributed by atoms with Crippen LogP contribution in [0.15, 0.2) is 0 Å². The predicted molar refractivity (Wildman–Crippen MR) is 46.0 cm³/mol. The van der Waals surface area contributed by atoms with Crippen LogP contribution in [0.25, 0.3) is 0 Å². The van der Waals surface area contributed by atoms with Crippen LogP contribution in [0, 0.1) is 10.8 Å². The van der Waals surface area contributed by atoms with Gasteiger partial charge in [0.1, 0.15) is 0 Å². The van der Waals surface area contributed by atoms with Crippen LogP contribution < -0.4 is 0 Å². The summed E-state index contributed by atoms with van der Waals surface area (Å²) >= 11 is 0. The highest BCUT2D eigenvalue weighted by molar-refractivity contribution is 5.05. The minimum Gasteiger partial charge on any atom is -0.0683 e. The van der Waals surface area contributed by atoms with Gasteiger partial charge in [0.2, 0.25) is 0 Å². The lowest BCUT2D eigenvalue weighted by Gasteiger charge is -2.43. The first-order valence-corrected chi connectivity index (χ1v) is 4.62. The molecule has 0 radical (unpaired) electrons. The third-order valence-corrected chi connectivity index (χ3v) is 3.04. The molecule has 0 N–H and O–H groups in total. The average molecular weight is 140 g/mol. The molecule has 0 spiro atoms. The van der Waals surface area contributed by atoms with Crippen molar-refractivity contribution in [2.45, 2.75) is 53.4 Å². The minimum absolute atomic E-state index is 0.800. The van der Waals surface area contributed by atoms with Gasteiger partial charge in [-0.3, -0.25) is 0 Å². The minimum atomic E-state index is 0.800. The van der Waals surface area contributed by atoms with Crippen molar-refractivity contribution in [3.8, 4) is 0 Å². The molecule has 0 aliphatic heterocycles. The standard InChI is InChI=1S/C8H14.C2H6/c1-7-3-4-8(2,5-7)6-7;1-2/h3-6H2,1-2H3;1-2H3. The first-order valence-electron chi connectivity index (χ1n) is 4.62. The molecular weight excluding hydrogens is 120 g/mol. The summed E-state index contributed by atoms with van der Waals surface area (Å²) in [6, 6.07) is 0. The number of hydrogen-bond donors (Lipinski definition) is 0. The van der Waals surface area contributed by atoms with Crippen LogP contribution in [0.1, 0.15) is 53.4 Å². The fourth-order valence-corrected chi connectivity index (χ4v) is 2.97. The van der Waals surface area contributed by atoms with E-state index in [-0.39, 0.29) is 0 Å². The first-order chi connectivity index (χ1) is 4.62. The SMILES string of the molecule is CC.CC12CCC(C)(C1)C2. The Hall–Kier alpha value is 0. The van der Waals surface area contributed by atoms with Gasteiger partial charge in [-0.15, -0.1) is 0 Å². The summed E-state index contributed by atoms with van der Waals surface area (Å²) < 4.78 is 0. The summed E-state index contributed by atoms with van der Waals surface area (Å²) in [7, 11) is 0. The Kier molecular flexibility index (Phi) is 1.82. The summed E-state index contributed by atoms with van der Waals surface area (Å²) in [5, 5.41) is 0. The van der Waals surface area contributed by atoms with E-state index >= 15 is 0 Å². The van der Waals surface area contributed by atoms with E-state index < -0.39 is 0 Å². The van der Waals surface area contributed by atoms with Gasteiger partial charge in [0.15, 0.2) is 0 Å². The average Bonchev–Trinajstić information content (AvgIpc) is 2.25. The van der Waals surface area contributed by atoms with E-state index in [1.54, 1.807) is 0 Å². The summed E-state index contributed by atoms with van der Waals surface area (Å²) in [6.07, 6.45) is 6.03. The van der Waals surface area contributed by atoms with Crippen LogP contribution in [-0.2, 0) is 0 Å². The molecule has 3 rings (SSSR count). The second-order valence-corrected chi connectivity index (χ2v) is 4.47. The van der Waals surface area contributed by atoms with Gasteiger partial charge < -0.3 is 0 Å². The molecule has 0 heteroatoms. The smallest absolute Gasteiger partial charge is 0.0315 e. The van der Waals surface area contributed by atoms with Gasteiger partial charge in [0.05, 0.1) is 0 Å². The van der Waals surface area contributed by atoms with Crippen molar-refractivity contribution < 1.29 is 0 Å². The van der Waals surface area contributed by atoms with Crippen LogP contribution in [0.4, 0.5) is 0 Å². The van der Waals surface area contributed by atoms with Gasteiger partial charge in [-0.25, -0.2) is 0 Å².